The van der Waals surface area contributed by atoms with Gasteiger partial charge in [-0.1, -0.05) is 24.3 Å². The number of rotatable bonds is 0. The zero-order valence-corrected chi connectivity index (χ0v) is 8.59. The van der Waals surface area contributed by atoms with Crippen molar-refractivity contribution < 1.29 is 0 Å². The lowest BCUT2D eigenvalue weighted by molar-refractivity contribution is 0.298. The summed E-state index contributed by atoms with van der Waals surface area (Å²) < 4.78 is 0. The van der Waals surface area contributed by atoms with E-state index in [1.54, 1.807) is 0 Å². The molecule has 0 unspecified atom stereocenters. The molecule has 0 saturated heterocycles. The van der Waals surface area contributed by atoms with Crippen molar-refractivity contribution >= 4 is 23.2 Å². The summed E-state index contributed by atoms with van der Waals surface area (Å²) in [7, 11) is 0. The van der Waals surface area contributed by atoms with Gasteiger partial charge in [-0.05, 0) is 23.5 Å². The predicted octanol–water partition coefficient (Wildman–Crippen LogP) is 3.17. The zero-order valence-electron chi connectivity index (χ0n) is 7.08. The van der Waals surface area contributed by atoms with Gasteiger partial charge in [0.2, 0.25) is 0 Å². The summed E-state index contributed by atoms with van der Waals surface area (Å²) in [6.07, 6.45) is 1.12. The van der Waals surface area contributed by atoms with Crippen LogP contribution in [-0.2, 0) is 6.42 Å². The molecule has 0 heterocycles. The van der Waals surface area contributed by atoms with Crippen molar-refractivity contribution in [3.63, 3.8) is 0 Å². The van der Waals surface area contributed by atoms with Crippen LogP contribution in [0.1, 0.15) is 17.0 Å². The average Bonchev–Trinajstić information content (AvgIpc) is 2.52. The molecule has 0 aromatic heterocycles. The Kier molecular flexibility index (Phi) is 1.66. The van der Waals surface area contributed by atoms with E-state index in [1.165, 1.54) is 11.1 Å². The van der Waals surface area contributed by atoms with E-state index in [1.807, 2.05) is 0 Å². The minimum Gasteiger partial charge on any atom is -0.121 e. The topological polar surface area (TPSA) is 0 Å². The number of fused-ring (bicyclic) bond motifs is 3. The van der Waals surface area contributed by atoms with Gasteiger partial charge in [-0.25, -0.2) is 0 Å². The first kappa shape index (κ1) is 8.14. The zero-order chi connectivity index (χ0) is 9.00. The van der Waals surface area contributed by atoms with Gasteiger partial charge in [0.1, 0.15) is 0 Å². The highest BCUT2D eigenvalue weighted by Gasteiger charge is 2.53. The second kappa shape index (κ2) is 2.65. The van der Waals surface area contributed by atoms with Crippen molar-refractivity contribution in [2.75, 3.05) is 0 Å². The first-order valence-electron chi connectivity index (χ1n) is 4.65. The van der Waals surface area contributed by atoms with Crippen molar-refractivity contribution in [3.05, 3.63) is 35.4 Å². The molecule has 0 nitrogen and oxygen atoms in total. The molecule has 1 aromatic rings. The molecule has 0 aliphatic heterocycles. The molecule has 68 valence electrons. The van der Waals surface area contributed by atoms with Gasteiger partial charge in [-0.2, -0.15) is 0 Å². The van der Waals surface area contributed by atoms with Crippen LogP contribution in [0, 0.1) is 5.92 Å². The Bertz CT molecular complexity index is 348. The van der Waals surface area contributed by atoms with Gasteiger partial charge in [-0.15, -0.1) is 23.2 Å². The molecule has 2 heteroatoms. The molecule has 0 amide bonds. The van der Waals surface area contributed by atoms with Crippen LogP contribution in [0.3, 0.4) is 0 Å². The first-order chi connectivity index (χ1) is 6.29. The third kappa shape index (κ3) is 0.936. The van der Waals surface area contributed by atoms with Gasteiger partial charge < -0.3 is 0 Å². The summed E-state index contributed by atoms with van der Waals surface area (Å²) in [6, 6.07) is 8.57. The Morgan fingerprint density at radius 1 is 1.08 bits per heavy atom. The summed E-state index contributed by atoms with van der Waals surface area (Å²) in [5.74, 6) is 1.13. The monoisotopic (exact) mass is 212 g/mol. The van der Waals surface area contributed by atoms with Gasteiger partial charge >= 0.3 is 0 Å². The Morgan fingerprint density at radius 3 is 2.69 bits per heavy atom. The van der Waals surface area contributed by atoms with Gasteiger partial charge in [0.25, 0.3) is 0 Å². The fraction of sp³-hybridized carbons (Fsp3) is 0.455. The molecule has 0 N–H and O–H groups in total. The van der Waals surface area contributed by atoms with Crippen LogP contribution in [0.2, 0.25) is 0 Å². The minimum atomic E-state index is 0.148. The Labute approximate surface area is 87.9 Å². The van der Waals surface area contributed by atoms with Crippen LogP contribution in [0.15, 0.2) is 24.3 Å². The fourth-order valence-corrected chi connectivity index (χ4v) is 3.58. The number of alkyl halides is 2. The SMILES string of the molecule is Cl[C@H]1[C@H](Cl)[C@H]2c3ccccc3C[C@H]12. The minimum absolute atomic E-state index is 0.148. The molecule has 0 bridgehead atoms. The van der Waals surface area contributed by atoms with Gasteiger partial charge in [0.15, 0.2) is 0 Å². The number of hydrogen-bond donors (Lipinski definition) is 0. The molecule has 13 heavy (non-hydrogen) atoms. The summed E-state index contributed by atoms with van der Waals surface area (Å²) >= 11 is 12.4. The van der Waals surface area contributed by atoms with E-state index < -0.39 is 0 Å². The van der Waals surface area contributed by atoms with E-state index in [2.05, 4.69) is 24.3 Å². The fourth-order valence-electron chi connectivity index (χ4n) is 2.66. The summed E-state index contributed by atoms with van der Waals surface area (Å²) in [6.45, 7) is 0. The number of hydrogen-bond acceptors (Lipinski definition) is 0. The van der Waals surface area contributed by atoms with Gasteiger partial charge in [0, 0.05) is 5.92 Å². The van der Waals surface area contributed by atoms with E-state index in [-0.39, 0.29) is 10.8 Å². The first-order valence-corrected chi connectivity index (χ1v) is 5.52. The van der Waals surface area contributed by atoms with Gasteiger partial charge in [0.05, 0.1) is 10.8 Å². The molecule has 1 aromatic carbocycles. The maximum atomic E-state index is 6.20. The largest absolute Gasteiger partial charge is 0.121 e. The van der Waals surface area contributed by atoms with Crippen LogP contribution >= 0.6 is 23.2 Å². The molecular formula is C11H10Cl2. The van der Waals surface area contributed by atoms with Crippen LogP contribution < -0.4 is 0 Å². The molecule has 4 atom stereocenters. The molecule has 1 saturated carbocycles. The predicted molar refractivity (Wildman–Crippen MR) is 55.7 cm³/mol. The lowest BCUT2D eigenvalue weighted by Crippen LogP contribution is -2.45. The summed E-state index contributed by atoms with van der Waals surface area (Å²) in [5, 5.41) is 0.328. The Morgan fingerprint density at radius 2 is 1.85 bits per heavy atom. The van der Waals surface area contributed by atoms with Crippen LogP contribution in [-0.4, -0.2) is 10.8 Å². The molecule has 0 radical (unpaired) electrons. The molecule has 0 spiro atoms. The summed E-state index contributed by atoms with van der Waals surface area (Å²) in [5.41, 5.74) is 2.88. The smallest absolute Gasteiger partial charge is 0.0574 e. The van der Waals surface area contributed by atoms with Crippen LogP contribution in [0.4, 0.5) is 0 Å². The van der Waals surface area contributed by atoms with E-state index in [4.69, 9.17) is 23.2 Å². The lowest BCUT2D eigenvalue weighted by Gasteiger charge is -2.42. The van der Waals surface area contributed by atoms with E-state index in [9.17, 15) is 0 Å². The third-order valence-electron chi connectivity index (χ3n) is 3.39. The maximum Gasteiger partial charge on any atom is 0.0574 e. The molecule has 2 aliphatic carbocycles. The second-order valence-electron chi connectivity index (χ2n) is 3.98. The maximum absolute atomic E-state index is 6.20. The normalized spacial score (nSPS) is 40.8. The van der Waals surface area contributed by atoms with Crippen molar-refractivity contribution in [1.82, 2.24) is 0 Å². The van der Waals surface area contributed by atoms with Crippen LogP contribution in [0.5, 0.6) is 0 Å². The number of benzene rings is 1. The van der Waals surface area contributed by atoms with Crippen molar-refractivity contribution in [2.45, 2.75) is 23.1 Å². The Hall–Kier alpha value is -0.200. The quantitative estimate of drug-likeness (QED) is 0.580. The van der Waals surface area contributed by atoms with Gasteiger partial charge in [-0.3, -0.25) is 0 Å². The average molecular weight is 213 g/mol. The van der Waals surface area contributed by atoms with E-state index in [0.29, 0.717) is 11.8 Å². The van der Waals surface area contributed by atoms with Crippen molar-refractivity contribution in [1.29, 1.82) is 0 Å². The summed E-state index contributed by atoms with van der Waals surface area (Å²) in [4.78, 5) is 0. The number of halogens is 2. The third-order valence-corrected chi connectivity index (χ3v) is 4.65. The van der Waals surface area contributed by atoms with Crippen LogP contribution in [0.25, 0.3) is 0 Å². The highest BCUT2D eigenvalue weighted by Crippen LogP contribution is 2.55. The van der Waals surface area contributed by atoms with E-state index in [0.717, 1.165) is 6.42 Å². The van der Waals surface area contributed by atoms with Crippen molar-refractivity contribution in [2.24, 2.45) is 5.92 Å². The highest BCUT2D eigenvalue weighted by atomic mass is 35.5. The standard InChI is InChI=1S/C11H10Cl2/c12-10-8-5-6-3-1-2-4-7(6)9(8)11(10)13/h1-4,8-11H,5H2/t8-,9-,10+,11+/m0/s1. The Balaban J connectivity index is 2.05. The van der Waals surface area contributed by atoms with Crippen molar-refractivity contribution in [3.8, 4) is 0 Å². The molecule has 2 aliphatic rings. The second-order valence-corrected chi connectivity index (χ2v) is 4.99. The molecular weight excluding hydrogens is 203 g/mol. The molecule has 3 rings (SSSR count). The molecule has 1 fully saturated rings. The lowest BCUT2D eigenvalue weighted by atomic mass is 9.73. The highest BCUT2D eigenvalue weighted by molar-refractivity contribution is 6.32. The van der Waals surface area contributed by atoms with E-state index >= 15 is 0 Å².